The van der Waals surface area contributed by atoms with Gasteiger partial charge in [-0.2, -0.15) is 0 Å². The Morgan fingerprint density at radius 2 is 1.89 bits per heavy atom. The third-order valence-corrected chi connectivity index (χ3v) is 5.80. The van der Waals surface area contributed by atoms with E-state index >= 15 is 0 Å². The molecule has 0 radical (unpaired) electrons. The highest BCUT2D eigenvalue weighted by Gasteiger charge is 2.39. The van der Waals surface area contributed by atoms with Gasteiger partial charge in [0.05, 0.1) is 0 Å². The van der Waals surface area contributed by atoms with E-state index in [9.17, 15) is 0 Å². The van der Waals surface area contributed by atoms with Crippen molar-refractivity contribution in [2.45, 2.75) is 76.9 Å². The summed E-state index contributed by atoms with van der Waals surface area (Å²) in [5.74, 6) is 0.939. The maximum Gasteiger partial charge on any atom is 0.0224 e. The zero-order chi connectivity index (χ0) is 12.5. The fourth-order valence-electron chi connectivity index (χ4n) is 4.66. The maximum atomic E-state index is 2.92. The third kappa shape index (κ3) is 2.34. The van der Waals surface area contributed by atoms with E-state index in [0.717, 1.165) is 24.0 Å². The monoisotopic (exact) mass is 250 g/mol. The highest BCUT2D eigenvalue weighted by Crippen LogP contribution is 2.35. The molecule has 0 amide bonds. The molecule has 2 nitrogen and oxygen atoms in total. The van der Waals surface area contributed by atoms with E-state index in [1.165, 1.54) is 64.6 Å². The van der Waals surface area contributed by atoms with Gasteiger partial charge in [-0.3, -0.25) is 9.80 Å². The van der Waals surface area contributed by atoms with E-state index in [2.05, 4.69) is 23.6 Å². The fourth-order valence-corrected chi connectivity index (χ4v) is 4.66. The Bertz CT molecular complexity index is 278. The molecule has 3 rings (SSSR count). The topological polar surface area (TPSA) is 6.48 Å². The lowest BCUT2D eigenvalue weighted by atomic mass is 9.92. The highest BCUT2D eigenvalue weighted by molar-refractivity contribution is 4.95. The first-order valence-electron chi connectivity index (χ1n) is 8.29. The molecule has 2 saturated heterocycles. The normalized spacial score (nSPS) is 43.0. The molecule has 104 valence electrons. The number of nitrogens with zero attached hydrogens (tertiary/aromatic N) is 2. The number of piperazine rings is 1. The van der Waals surface area contributed by atoms with Crippen molar-refractivity contribution in [2.24, 2.45) is 5.92 Å². The largest absolute Gasteiger partial charge is 0.298 e. The summed E-state index contributed by atoms with van der Waals surface area (Å²) in [6.07, 6.45) is 10.1. The summed E-state index contributed by atoms with van der Waals surface area (Å²) in [7, 11) is 0. The van der Waals surface area contributed by atoms with Crippen LogP contribution in [0, 0.1) is 5.92 Å². The lowest BCUT2D eigenvalue weighted by Crippen LogP contribution is -2.62. The van der Waals surface area contributed by atoms with E-state index in [-0.39, 0.29) is 0 Å². The Morgan fingerprint density at radius 3 is 2.61 bits per heavy atom. The number of hydrogen-bond acceptors (Lipinski definition) is 2. The minimum absolute atomic E-state index is 0.838. The molecule has 0 aromatic heterocycles. The zero-order valence-corrected chi connectivity index (χ0v) is 12.3. The van der Waals surface area contributed by atoms with E-state index in [0.29, 0.717) is 0 Å². The van der Waals surface area contributed by atoms with Crippen LogP contribution in [0.4, 0.5) is 0 Å². The van der Waals surface area contributed by atoms with Crippen molar-refractivity contribution in [3.63, 3.8) is 0 Å². The molecule has 0 aromatic rings. The number of rotatable bonds is 2. The van der Waals surface area contributed by atoms with Gasteiger partial charge in [-0.1, -0.05) is 26.7 Å². The van der Waals surface area contributed by atoms with Crippen LogP contribution in [0.15, 0.2) is 0 Å². The molecule has 2 heterocycles. The van der Waals surface area contributed by atoms with Crippen LogP contribution in [0.5, 0.6) is 0 Å². The standard InChI is InChI=1S/C16H30N2/c1-3-14-11-17-10-5-4-8-15(17)12-18(14)16-9-6-7-13(16)2/h13-16H,3-12H2,1-2H3. The second-order valence-electron chi connectivity index (χ2n) is 6.88. The molecular weight excluding hydrogens is 220 g/mol. The molecule has 0 spiro atoms. The predicted molar refractivity (Wildman–Crippen MR) is 76.8 cm³/mol. The van der Waals surface area contributed by atoms with Gasteiger partial charge >= 0.3 is 0 Å². The second kappa shape index (κ2) is 5.50. The molecular formula is C16H30N2. The van der Waals surface area contributed by atoms with Crippen LogP contribution < -0.4 is 0 Å². The van der Waals surface area contributed by atoms with Gasteiger partial charge in [0.25, 0.3) is 0 Å². The van der Waals surface area contributed by atoms with E-state index < -0.39 is 0 Å². The Balaban J connectivity index is 1.71. The Hall–Kier alpha value is -0.0800. The lowest BCUT2D eigenvalue weighted by Gasteiger charge is -2.51. The lowest BCUT2D eigenvalue weighted by molar-refractivity contribution is -0.0222. The maximum absolute atomic E-state index is 2.92. The van der Waals surface area contributed by atoms with Gasteiger partial charge < -0.3 is 0 Å². The van der Waals surface area contributed by atoms with Gasteiger partial charge in [-0.25, -0.2) is 0 Å². The first-order chi connectivity index (χ1) is 8.79. The van der Waals surface area contributed by atoms with Crippen molar-refractivity contribution in [1.29, 1.82) is 0 Å². The molecule has 2 heteroatoms. The van der Waals surface area contributed by atoms with E-state index in [1.807, 2.05) is 0 Å². The van der Waals surface area contributed by atoms with Crippen molar-refractivity contribution in [2.75, 3.05) is 19.6 Å². The second-order valence-corrected chi connectivity index (χ2v) is 6.88. The molecule has 4 unspecified atom stereocenters. The zero-order valence-electron chi connectivity index (χ0n) is 12.3. The quantitative estimate of drug-likeness (QED) is 0.743. The molecule has 3 aliphatic rings. The van der Waals surface area contributed by atoms with Gasteiger partial charge in [0.1, 0.15) is 0 Å². The summed E-state index contributed by atoms with van der Waals surface area (Å²) >= 11 is 0. The fraction of sp³-hybridized carbons (Fsp3) is 1.00. The van der Waals surface area contributed by atoms with Crippen molar-refractivity contribution in [3.8, 4) is 0 Å². The van der Waals surface area contributed by atoms with Gasteiger partial charge in [0.15, 0.2) is 0 Å². The van der Waals surface area contributed by atoms with Crippen molar-refractivity contribution in [1.82, 2.24) is 9.80 Å². The summed E-state index contributed by atoms with van der Waals surface area (Å²) in [6, 6.07) is 2.62. The van der Waals surface area contributed by atoms with Gasteiger partial charge in [-0.05, 0) is 44.6 Å². The van der Waals surface area contributed by atoms with Crippen LogP contribution in [0.1, 0.15) is 58.8 Å². The predicted octanol–water partition coefficient (Wildman–Crippen LogP) is 3.12. The van der Waals surface area contributed by atoms with Gasteiger partial charge in [0, 0.05) is 31.2 Å². The number of fused-ring (bicyclic) bond motifs is 1. The molecule has 2 aliphatic heterocycles. The first kappa shape index (κ1) is 12.9. The molecule has 1 aliphatic carbocycles. The summed E-state index contributed by atoms with van der Waals surface area (Å²) in [5.41, 5.74) is 0. The Kier molecular flexibility index (Phi) is 3.95. The molecule has 3 fully saturated rings. The minimum atomic E-state index is 0.838. The highest BCUT2D eigenvalue weighted by atomic mass is 15.3. The van der Waals surface area contributed by atoms with Crippen LogP contribution in [-0.4, -0.2) is 47.6 Å². The Labute approximate surface area is 113 Å². The van der Waals surface area contributed by atoms with Crippen molar-refractivity contribution < 1.29 is 0 Å². The third-order valence-electron chi connectivity index (χ3n) is 5.80. The molecule has 1 saturated carbocycles. The van der Waals surface area contributed by atoms with E-state index in [4.69, 9.17) is 0 Å². The Morgan fingerprint density at radius 1 is 1.00 bits per heavy atom. The van der Waals surface area contributed by atoms with Crippen LogP contribution in [0.2, 0.25) is 0 Å². The number of piperidine rings is 1. The first-order valence-corrected chi connectivity index (χ1v) is 8.29. The molecule has 0 N–H and O–H groups in total. The van der Waals surface area contributed by atoms with Crippen LogP contribution in [-0.2, 0) is 0 Å². The molecule has 18 heavy (non-hydrogen) atoms. The van der Waals surface area contributed by atoms with E-state index in [1.54, 1.807) is 0 Å². The molecule has 0 aromatic carbocycles. The smallest absolute Gasteiger partial charge is 0.0224 e. The van der Waals surface area contributed by atoms with Gasteiger partial charge in [0.2, 0.25) is 0 Å². The van der Waals surface area contributed by atoms with Gasteiger partial charge in [-0.15, -0.1) is 0 Å². The SMILES string of the molecule is CCC1CN2CCCCC2CN1C1CCCC1C. The molecule has 4 atom stereocenters. The van der Waals surface area contributed by atoms with Crippen LogP contribution >= 0.6 is 0 Å². The van der Waals surface area contributed by atoms with Crippen LogP contribution in [0.3, 0.4) is 0 Å². The summed E-state index contributed by atoms with van der Waals surface area (Å²) in [6.45, 7) is 8.96. The van der Waals surface area contributed by atoms with Crippen molar-refractivity contribution >= 4 is 0 Å². The average molecular weight is 250 g/mol. The minimum Gasteiger partial charge on any atom is -0.298 e. The summed E-state index contributed by atoms with van der Waals surface area (Å²) < 4.78 is 0. The summed E-state index contributed by atoms with van der Waals surface area (Å²) in [4.78, 5) is 5.72. The summed E-state index contributed by atoms with van der Waals surface area (Å²) in [5, 5.41) is 0. The average Bonchev–Trinajstić information content (AvgIpc) is 2.83. The van der Waals surface area contributed by atoms with Crippen LogP contribution in [0.25, 0.3) is 0 Å². The number of hydrogen-bond donors (Lipinski definition) is 0. The molecule has 0 bridgehead atoms. The van der Waals surface area contributed by atoms with Crippen molar-refractivity contribution in [3.05, 3.63) is 0 Å².